The van der Waals surface area contributed by atoms with Crippen LogP contribution in [0.15, 0.2) is 48.5 Å². The molecule has 8 heteroatoms. The number of amides is 1. The Bertz CT molecular complexity index is 1000. The van der Waals surface area contributed by atoms with Gasteiger partial charge in [-0.15, -0.1) is 0 Å². The van der Waals surface area contributed by atoms with Crippen LogP contribution in [0.3, 0.4) is 0 Å². The molecule has 1 fully saturated rings. The molecule has 6 nitrogen and oxygen atoms in total. The minimum absolute atomic E-state index is 0.0200. The van der Waals surface area contributed by atoms with Crippen molar-refractivity contribution in [2.24, 2.45) is 0 Å². The summed E-state index contributed by atoms with van der Waals surface area (Å²) in [5, 5.41) is 0. The molecule has 1 aliphatic carbocycles. The molecule has 2 aromatic rings. The second-order valence-corrected chi connectivity index (χ2v) is 10.2. The molecular weight excluding hydrogens is 417 g/mol. The van der Waals surface area contributed by atoms with Crippen LogP contribution in [0.1, 0.15) is 48.0 Å². The molecule has 1 saturated carbocycles. The maximum atomic E-state index is 14.4. The Kier molecular flexibility index (Phi) is 7.33. The number of hydrogen-bond acceptors (Lipinski definition) is 3. The normalized spacial score (nSPS) is 15.1. The predicted octanol–water partition coefficient (Wildman–Crippen LogP) is 4.04. The topological polar surface area (TPSA) is 60.9 Å². The molecule has 0 unspecified atom stereocenters. The average molecular weight is 448 g/mol. The van der Waals surface area contributed by atoms with Gasteiger partial charge in [0, 0.05) is 32.7 Å². The first-order chi connectivity index (χ1) is 14.7. The molecule has 0 atom stereocenters. The van der Waals surface area contributed by atoms with Crippen molar-refractivity contribution in [2.75, 3.05) is 25.4 Å². The van der Waals surface area contributed by atoms with Gasteiger partial charge in [0.1, 0.15) is 5.82 Å². The van der Waals surface area contributed by atoms with Crippen LogP contribution in [0.25, 0.3) is 0 Å². The summed E-state index contributed by atoms with van der Waals surface area (Å²) >= 11 is 0. The fourth-order valence-corrected chi connectivity index (χ4v) is 5.00. The van der Waals surface area contributed by atoms with Crippen molar-refractivity contribution in [1.82, 2.24) is 9.21 Å². The average Bonchev–Trinajstić information content (AvgIpc) is 2.78. The molecule has 0 heterocycles. The lowest BCUT2D eigenvalue weighted by Crippen LogP contribution is -2.40. The first-order valence-corrected chi connectivity index (χ1v) is 11.9. The van der Waals surface area contributed by atoms with Crippen LogP contribution in [0.5, 0.6) is 0 Å². The van der Waals surface area contributed by atoms with Crippen LogP contribution < -0.4 is 4.31 Å². The van der Waals surface area contributed by atoms with Gasteiger partial charge in [-0.3, -0.25) is 9.10 Å². The molecule has 31 heavy (non-hydrogen) atoms. The molecule has 168 valence electrons. The van der Waals surface area contributed by atoms with E-state index in [-0.39, 0.29) is 24.2 Å². The number of halogens is 1. The number of para-hydroxylation sites is 1. The van der Waals surface area contributed by atoms with Crippen LogP contribution in [0.2, 0.25) is 0 Å². The van der Waals surface area contributed by atoms with E-state index in [1.54, 1.807) is 30.3 Å². The monoisotopic (exact) mass is 447 g/mol. The van der Waals surface area contributed by atoms with Crippen LogP contribution in [0.4, 0.5) is 10.1 Å². The third-order valence-corrected chi connectivity index (χ3v) is 7.64. The maximum Gasteiger partial charge on any atom is 0.303 e. The second-order valence-electron chi connectivity index (χ2n) is 8.15. The number of hydrogen-bond donors (Lipinski definition) is 0. The van der Waals surface area contributed by atoms with E-state index in [1.165, 1.54) is 38.7 Å². The Morgan fingerprint density at radius 1 is 0.968 bits per heavy atom. The first kappa shape index (κ1) is 23.2. The number of anilines is 1. The second kappa shape index (κ2) is 9.78. The van der Waals surface area contributed by atoms with E-state index in [4.69, 9.17) is 0 Å². The van der Waals surface area contributed by atoms with Crippen molar-refractivity contribution >= 4 is 21.8 Å². The molecular formula is C23H30FN3O3S. The summed E-state index contributed by atoms with van der Waals surface area (Å²) in [5.41, 5.74) is 1.20. The van der Waals surface area contributed by atoms with E-state index in [9.17, 15) is 17.6 Å². The van der Waals surface area contributed by atoms with E-state index < -0.39 is 16.0 Å². The lowest BCUT2D eigenvalue weighted by atomic mass is 9.94. The highest BCUT2D eigenvalue weighted by molar-refractivity contribution is 7.90. The molecule has 0 N–H and O–H groups in total. The van der Waals surface area contributed by atoms with Crippen molar-refractivity contribution < 1.29 is 17.6 Å². The molecule has 0 saturated heterocycles. The smallest absolute Gasteiger partial charge is 0.303 e. The Hall–Kier alpha value is -2.45. The van der Waals surface area contributed by atoms with Crippen molar-refractivity contribution in [1.29, 1.82) is 0 Å². The summed E-state index contributed by atoms with van der Waals surface area (Å²) < 4.78 is 42.2. The number of rotatable bonds is 7. The van der Waals surface area contributed by atoms with Gasteiger partial charge in [0.2, 0.25) is 0 Å². The quantitative estimate of drug-likeness (QED) is 0.644. The standard InChI is InChI=1S/C23H30FN3O3S/c1-25(2)31(29,30)27(22-12-8-7-11-21(22)24)17-18-13-15-19(16-14-18)23(28)26(3)20-9-5-4-6-10-20/h7-8,11-16,20H,4-6,9-10,17H2,1-3H3. The Morgan fingerprint density at radius 3 is 2.16 bits per heavy atom. The van der Waals surface area contributed by atoms with Gasteiger partial charge in [0.05, 0.1) is 12.2 Å². The minimum Gasteiger partial charge on any atom is -0.339 e. The van der Waals surface area contributed by atoms with E-state index in [0.717, 1.165) is 34.3 Å². The molecule has 0 bridgehead atoms. The molecule has 2 aromatic carbocycles. The molecule has 0 aromatic heterocycles. The third kappa shape index (κ3) is 5.25. The highest BCUT2D eigenvalue weighted by Gasteiger charge is 2.28. The highest BCUT2D eigenvalue weighted by atomic mass is 32.2. The van der Waals surface area contributed by atoms with E-state index in [1.807, 2.05) is 11.9 Å². The van der Waals surface area contributed by atoms with Crippen molar-refractivity contribution in [3.63, 3.8) is 0 Å². The molecule has 3 rings (SSSR count). The zero-order valence-corrected chi connectivity index (χ0v) is 19.1. The van der Waals surface area contributed by atoms with Gasteiger partial charge in [0.15, 0.2) is 0 Å². The SMILES string of the molecule is CN(C(=O)c1ccc(CN(c2ccccc2F)S(=O)(=O)N(C)C)cc1)C1CCCCC1. The summed E-state index contributed by atoms with van der Waals surface area (Å²) in [6.07, 6.45) is 5.57. The summed E-state index contributed by atoms with van der Waals surface area (Å²) in [6.45, 7) is -0.0472. The zero-order chi connectivity index (χ0) is 22.6. The van der Waals surface area contributed by atoms with E-state index in [0.29, 0.717) is 11.1 Å². The molecule has 0 aliphatic heterocycles. The number of nitrogens with zero attached hydrogens (tertiary/aromatic N) is 3. The third-order valence-electron chi connectivity index (χ3n) is 5.83. The number of benzene rings is 2. The van der Waals surface area contributed by atoms with Gasteiger partial charge < -0.3 is 4.90 Å². The lowest BCUT2D eigenvalue weighted by molar-refractivity contribution is 0.0696. The van der Waals surface area contributed by atoms with Gasteiger partial charge >= 0.3 is 10.2 Å². The van der Waals surface area contributed by atoms with Crippen LogP contribution >= 0.6 is 0 Å². The summed E-state index contributed by atoms with van der Waals surface area (Å²) in [7, 11) is 0.745. The van der Waals surface area contributed by atoms with E-state index >= 15 is 0 Å². The first-order valence-electron chi connectivity index (χ1n) is 10.5. The summed E-state index contributed by atoms with van der Waals surface area (Å²) in [6, 6.07) is 12.9. The van der Waals surface area contributed by atoms with Gasteiger partial charge in [-0.25, -0.2) is 4.39 Å². The van der Waals surface area contributed by atoms with Crippen LogP contribution in [-0.2, 0) is 16.8 Å². The Balaban J connectivity index is 1.81. The predicted molar refractivity (Wildman–Crippen MR) is 121 cm³/mol. The van der Waals surface area contributed by atoms with E-state index in [2.05, 4.69) is 0 Å². The number of carbonyl (C=O) groups is 1. The fourth-order valence-electron chi connectivity index (χ4n) is 3.90. The Labute approximate surface area is 184 Å². The van der Waals surface area contributed by atoms with Gasteiger partial charge in [-0.1, -0.05) is 43.5 Å². The molecule has 1 amide bonds. The minimum atomic E-state index is -3.92. The lowest BCUT2D eigenvalue weighted by Gasteiger charge is -2.31. The molecule has 0 spiro atoms. The number of carbonyl (C=O) groups excluding carboxylic acids is 1. The van der Waals surface area contributed by atoms with Gasteiger partial charge in [-0.05, 0) is 42.7 Å². The molecule has 0 radical (unpaired) electrons. The summed E-state index contributed by atoms with van der Waals surface area (Å²) in [5.74, 6) is -0.654. The Morgan fingerprint density at radius 2 is 1.58 bits per heavy atom. The summed E-state index contributed by atoms with van der Waals surface area (Å²) in [4.78, 5) is 14.7. The van der Waals surface area contributed by atoms with Crippen LogP contribution in [-0.4, -0.2) is 50.7 Å². The maximum absolute atomic E-state index is 14.4. The highest BCUT2D eigenvalue weighted by Crippen LogP contribution is 2.26. The van der Waals surface area contributed by atoms with Crippen LogP contribution in [0, 0.1) is 5.82 Å². The largest absolute Gasteiger partial charge is 0.339 e. The van der Waals surface area contributed by atoms with Crippen molar-refractivity contribution in [2.45, 2.75) is 44.7 Å². The van der Waals surface area contributed by atoms with Crippen molar-refractivity contribution in [3.8, 4) is 0 Å². The van der Waals surface area contributed by atoms with Crippen molar-refractivity contribution in [3.05, 3.63) is 65.5 Å². The van der Waals surface area contributed by atoms with Gasteiger partial charge in [-0.2, -0.15) is 12.7 Å². The zero-order valence-electron chi connectivity index (χ0n) is 18.3. The van der Waals surface area contributed by atoms with Gasteiger partial charge in [0.25, 0.3) is 5.91 Å². The fraction of sp³-hybridized carbons (Fsp3) is 0.435. The molecule has 1 aliphatic rings.